The van der Waals surface area contributed by atoms with Crippen LogP contribution in [-0.4, -0.2) is 45.1 Å². The predicted octanol–water partition coefficient (Wildman–Crippen LogP) is 2.60. The molecule has 24 heavy (non-hydrogen) atoms. The zero-order valence-corrected chi connectivity index (χ0v) is 15.8. The predicted molar refractivity (Wildman–Crippen MR) is 104 cm³/mol. The smallest absolute Gasteiger partial charge is 0.142 e. The van der Waals surface area contributed by atoms with Crippen LogP contribution in [0.25, 0.3) is 0 Å². The molecular formula is C19H28N3OS+. The molecule has 0 aliphatic carbocycles. The third kappa shape index (κ3) is 4.58. The van der Waals surface area contributed by atoms with Crippen LogP contribution in [0.15, 0.2) is 40.7 Å². The van der Waals surface area contributed by atoms with E-state index < -0.39 is 0 Å². The SMILES string of the molecule is CCN(CC)c1ccc(C=NC[C@H](c2cccs2)[NH+](C)C)c(O)c1. The van der Waals surface area contributed by atoms with Crippen molar-refractivity contribution in [2.24, 2.45) is 4.99 Å². The van der Waals surface area contributed by atoms with Crippen LogP contribution in [-0.2, 0) is 0 Å². The summed E-state index contributed by atoms with van der Waals surface area (Å²) in [6.07, 6.45) is 1.78. The highest BCUT2D eigenvalue weighted by molar-refractivity contribution is 7.10. The lowest BCUT2D eigenvalue weighted by Crippen LogP contribution is -3.06. The van der Waals surface area contributed by atoms with Gasteiger partial charge in [-0.1, -0.05) is 6.07 Å². The van der Waals surface area contributed by atoms with Crippen molar-refractivity contribution in [3.05, 3.63) is 46.2 Å². The van der Waals surface area contributed by atoms with Gasteiger partial charge in [-0.3, -0.25) is 4.99 Å². The lowest BCUT2D eigenvalue weighted by molar-refractivity contribution is -0.890. The van der Waals surface area contributed by atoms with Crippen LogP contribution in [0, 0.1) is 0 Å². The lowest BCUT2D eigenvalue weighted by atomic mass is 10.1. The number of aliphatic imine (C=N–C) groups is 1. The second-order valence-electron chi connectivity index (χ2n) is 6.06. The van der Waals surface area contributed by atoms with Crippen molar-refractivity contribution in [3.8, 4) is 5.75 Å². The number of phenols is 1. The summed E-state index contributed by atoms with van der Waals surface area (Å²) >= 11 is 1.77. The van der Waals surface area contributed by atoms with E-state index in [0.29, 0.717) is 12.6 Å². The summed E-state index contributed by atoms with van der Waals surface area (Å²) in [6, 6.07) is 10.4. The van der Waals surface area contributed by atoms with Gasteiger partial charge in [0.2, 0.25) is 0 Å². The summed E-state index contributed by atoms with van der Waals surface area (Å²) < 4.78 is 0. The number of thiophene rings is 1. The van der Waals surface area contributed by atoms with Gasteiger partial charge in [-0.25, -0.2) is 0 Å². The number of rotatable bonds is 8. The third-order valence-corrected chi connectivity index (χ3v) is 5.23. The summed E-state index contributed by atoms with van der Waals surface area (Å²) in [6.45, 7) is 6.80. The van der Waals surface area contributed by atoms with E-state index in [4.69, 9.17) is 0 Å². The summed E-state index contributed by atoms with van der Waals surface area (Å²) in [5, 5.41) is 12.4. The van der Waals surface area contributed by atoms with E-state index in [1.807, 2.05) is 18.2 Å². The van der Waals surface area contributed by atoms with Crippen LogP contribution in [0.1, 0.15) is 30.3 Å². The van der Waals surface area contributed by atoms with Gasteiger partial charge in [0, 0.05) is 36.6 Å². The Morgan fingerprint density at radius 3 is 2.54 bits per heavy atom. The Kier molecular flexibility index (Phi) is 6.82. The van der Waals surface area contributed by atoms with E-state index in [9.17, 15) is 5.11 Å². The number of nitrogens with one attached hydrogen (secondary N) is 1. The maximum absolute atomic E-state index is 10.3. The maximum Gasteiger partial charge on any atom is 0.142 e. The van der Waals surface area contributed by atoms with E-state index in [0.717, 1.165) is 24.3 Å². The molecule has 0 bridgehead atoms. The number of benzene rings is 1. The molecule has 0 radical (unpaired) electrons. The summed E-state index contributed by atoms with van der Waals surface area (Å²) in [5.74, 6) is 0.285. The minimum absolute atomic E-state index is 0.285. The first-order valence-electron chi connectivity index (χ1n) is 8.48. The van der Waals surface area contributed by atoms with Gasteiger partial charge in [-0.05, 0) is 37.4 Å². The fourth-order valence-electron chi connectivity index (χ4n) is 2.73. The molecule has 130 valence electrons. The molecule has 5 heteroatoms. The standard InChI is InChI=1S/C19H27N3OS/c1-5-22(6-2)16-10-9-15(18(23)12-16)13-20-14-17(21(3)4)19-8-7-11-24-19/h7-13,17,23H,5-6,14H2,1-4H3/p+1/t17-/m1/s1. The molecule has 4 nitrogen and oxygen atoms in total. The Morgan fingerprint density at radius 2 is 2.00 bits per heavy atom. The van der Waals surface area contributed by atoms with Crippen molar-refractivity contribution in [2.45, 2.75) is 19.9 Å². The highest BCUT2D eigenvalue weighted by Crippen LogP contribution is 2.24. The van der Waals surface area contributed by atoms with Gasteiger partial charge in [0.15, 0.2) is 0 Å². The Bertz CT molecular complexity index is 649. The Morgan fingerprint density at radius 1 is 1.25 bits per heavy atom. The van der Waals surface area contributed by atoms with Crippen molar-refractivity contribution in [1.29, 1.82) is 0 Å². The molecule has 0 aliphatic rings. The first-order valence-corrected chi connectivity index (χ1v) is 9.36. The number of hydrogen-bond acceptors (Lipinski definition) is 4. The molecule has 0 aliphatic heterocycles. The summed E-state index contributed by atoms with van der Waals surface area (Å²) in [7, 11) is 4.30. The fraction of sp³-hybridized carbons (Fsp3) is 0.421. The first kappa shape index (κ1) is 18.5. The molecule has 1 atom stereocenters. The van der Waals surface area contributed by atoms with Crippen molar-refractivity contribution in [3.63, 3.8) is 0 Å². The molecule has 1 aromatic carbocycles. The molecule has 2 rings (SSSR count). The maximum atomic E-state index is 10.3. The molecule has 0 amide bonds. The Labute approximate surface area is 149 Å². The second-order valence-corrected chi connectivity index (χ2v) is 7.03. The molecule has 0 saturated carbocycles. The van der Waals surface area contributed by atoms with Crippen LogP contribution in [0.2, 0.25) is 0 Å². The molecule has 1 aromatic heterocycles. The van der Waals surface area contributed by atoms with Crippen LogP contribution in [0.5, 0.6) is 5.75 Å². The number of quaternary nitrogens is 1. The van der Waals surface area contributed by atoms with E-state index in [2.05, 4.69) is 55.3 Å². The zero-order valence-electron chi connectivity index (χ0n) is 15.0. The van der Waals surface area contributed by atoms with E-state index in [1.54, 1.807) is 17.6 Å². The molecule has 0 unspecified atom stereocenters. The molecular weight excluding hydrogens is 318 g/mol. The number of nitrogens with zero attached hydrogens (tertiary/aromatic N) is 2. The first-order chi connectivity index (χ1) is 11.6. The van der Waals surface area contributed by atoms with Crippen LogP contribution in [0.3, 0.4) is 0 Å². The number of aromatic hydroxyl groups is 1. The second kappa shape index (κ2) is 8.85. The van der Waals surface area contributed by atoms with Gasteiger partial charge in [-0.15, -0.1) is 11.3 Å². The van der Waals surface area contributed by atoms with E-state index >= 15 is 0 Å². The van der Waals surface area contributed by atoms with Crippen LogP contribution < -0.4 is 9.80 Å². The highest BCUT2D eigenvalue weighted by atomic mass is 32.1. The van der Waals surface area contributed by atoms with Gasteiger partial charge < -0.3 is 14.9 Å². The van der Waals surface area contributed by atoms with Gasteiger partial charge in [-0.2, -0.15) is 0 Å². The van der Waals surface area contributed by atoms with E-state index in [-0.39, 0.29) is 5.75 Å². The Hall–Kier alpha value is -1.85. The Balaban J connectivity index is 2.08. The molecule has 0 saturated heterocycles. The van der Waals surface area contributed by atoms with Crippen molar-refractivity contribution in [2.75, 3.05) is 38.6 Å². The van der Waals surface area contributed by atoms with Crippen molar-refractivity contribution < 1.29 is 10.0 Å². The third-order valence-electron chi connectivity index (χ3n) is 4.24. The molecule has 0 fully saturated rings. The molecule has 2 aromatic rings. The van der Waals surface area contributed by atoms with Crippen LogP contribution >= 0.6 is 11.3 Å². The largest absolute Gasteiger partial charge is 0.507 e. The monoisotopic (exact) mass is 346 g/mol. The van der Waals surface area contributed by atoms with Crippen molar-refractivity contribution in [1.82, 2.24) is 0 Å². The number of anilines is 1. The normalized spacial score (nSPS) is 12.9. The number of phenolic OH excluding ortho intramolecular Hbond substituents is 1. The zero-order chi connectivity index (χ0) is 17.5. The minimum atomic E-state index is 0.285. The summed E-state index contributed by atoms with van der Waals surface area (Å²) in [5.41, 5.74) is 1.81. The minimum Gasteiger partial charge on any atom is -0.507 e. The van der Waals surface area contributed by atoms with Gasteiger partial charge >= 0.3 is 0 Å². The van der Waals surface area contributed by atoms with Gasteiger partial charge in [0.1, 0.15) is 11.8 Å². The highest BCUT2D eigenvalue weighted by Gasteiger charge is 2.17. The van der Waals surface area contributed by atoms with Crippen LogP contribution in [0.4, 0.5) is 5.69 Å². The fourth-order valence-corrected chi connectivity index (χ4v) is 3.68. The average molecular weight is 347 g/mol. The van der Waals surface area contributed by atoms with Gasteiger partial charge in [0.25, 0.3) is 0 Å². The summed E-state index contributed by atoms with van der Waals surface area (Å²) in [4.78, 5) is 9.49. The molecule has 0 spiro atoms. The lowest BCUT2D eigenvalue weighted by Gasteiger charge is -2.21. The van der Waals surface area contributed by atoms with Gasteiger partial charge in [0.05, 0.1) is 25.5 Å². The average Bonchev–Trinajstić information content (AvgIpc) is 3.08. The number of likely N-dealkylation sites (N-methyl/N-ethyl adjacent to an activating group) is 1. The molecule has 1 heterocycles. The molecule has 2 N–H and O–H groups in total. The quantitative estimate of drug-likeness (QED) is 0.722. The van der Waals surface area contributed by atoms with E-state index in [1.165, 1.54) is 9.78 Å². The topological polar surface area (TPSA) is 40.3 Å². The van der Waals surface area contributed by atoms with Crippen molar-refractivity contribution >= 4 is 23.2 Å². The number of hydrogen-bond donors (Lipinski definition) is 2.